The third-order valence-corrected chi connectivity index (χ3v) is 7.05. The van der Waals surface area contributed by atoms with Gasteiger partial charge < -0.3 is 9.26 Å². The molecule has 0 amide bonds. The predicted octanol–water partition coefficient (Wildman–Crippen LogP) is 3.86. The average molecular weight is 407 g/mol. The van der Waals surface area contributed by atoms with Gasteiger partial charge in [0.25, 0.3) is 0 Å². The van der Waals surface area contributed by atoms with Gasteiger partial charge in [0.05, 0.1) is 12.8 Å². The zero-order valence-corrected chi connectivity index (χ0v) is 17.3. The first-order valence-corrected chi connectivity index (χ1v) is 10.8. The molecule has 6 nitrogen and oxygen atoms in total. The molecule has 0 saturated heterocycles. The Kier molecular flexibility index (Phi) is 5.69. The molecule has 2 aromatic heterocycles. The van der Waals surface area contributed by atoms with Crippen LogP contribution in [0.5, 0.6) is 5.75 Å². The van der Waals surface area contributed by atoms with Gasteiger partial charge in [-0.2, -0.15) is 0 Å². The summed E-state index contributed by atoms with van der Waals surface area (Å²) in [5.41, 5.74) is 3.47. The third kappa shape index (κ3) is 4.07. The summed E-state index contributed by atoms with van der Waals surface area (Å²) in [6, 6.07) is 6.98. The van der Waals surface area contributed by atoms with Crippen molar-refractivity contribution in [3.63, 3.8) is 0 Å². The number of ether oxygens (including phenoxy) is 1. The third-order valence-electron chi connectivity index (χ3n) is 4.48. The van der Waals surface area contributed by atoms with Crippen molar-refractivity contribution in [1.82, 2.24) is 9.88 Å². The van der Waals surface area contributed by atoms with Crippen molar-refractivity contribution in [3.8, 4) is 17.1 Å². The number of sulfonamides is 1. The Morgan fingerprint density at radius 2 is 2.00 bits per heavy atom. The van der Waals surface area contributed by atoms with Crippen LogP contribution in [0, 0.1) is 20.8 Å². The topological polar surface area (TPSA) is 81.4 Å². The Balaban J connectivity index is 1.87. The largest absolute Gasteiger partial charge is 0.495 e. The van der Waals surface area contributed by atoms with Crippen LogP contribution in [-0.2, 0) is 16.4 Å². The number of hydrogen-bond donors (Lipinski definition) is 1. The summed E-state index contributed by atoms with van der Waals surface area (Å²) in [4.78, 5) is 1.25. The lowest BCUT2D eigenvalue weighted by atomic mass is 10.1. The predicted molar refractivity (Wildman–Crippen MR) is 106 cm³/mol. The highest BCUT2D eigenvalue weighted by molar-refractivity contribution is 7.89. The Morgan fingerprint density at radius 1 is 1.22 bits per heavy atom. The molecule has 0 aliphatic carbocycles. The molecule has 27 heavy (non-hydrogen) atoms. The van der Waals surface area contributed by atoms with E-state index in [0.29, 0.717) is 24.3 Å². The van der Waals surface area contributed by atoms with Gasteiger partial charge in [-0.1, -0.05) is 5.16 Å². The van der Waals surface area contributed by atoms with Gasteiger partial charge in [-0.15, -0.1) is 11.3 Å². The van der Waals surface area contributed by atoms with Crippen LogP contribution in [0.1, 0.15) is 21.7 Å². The number of methoxy groups -OCH3 is 1. The molecule has 0 fully saturated rings. The summed E-state index contributed by atoms with van der Waals surface area (Å²) >= 11 is 1.63. The summed E-state index contributed by atoms with van der Waals surface area (Å²) in [6.45, 7) is 6.07. The van der Waals surface area contributed by atoms with Crippen LogP contribution in [0.4, 0.5) is 0 Å². The highest BCUT2D eigenvalue weighted by Crippen LogP contribution is 2.32. The van der Waals surface area contributed by atoms with Gasteiger partial charge in [-0.05, 0) is 62.4 Å². The molecule has 0 radical (unpaired) electrons. The fraction of sp³-hybridized carbons (Fsp3) is 0.316. The second-order valence-electron chi connectivity index (χ2n) is 6.26. The van der Waals surface area contributed by atoms with E-state index in [1.54, 1.807) is 29.5 Å². The van der Waals surface area contributed by atoms with E-state index in [4.69, 9.17) is 9.26 Å². The van der Waals surface area contributed by atoms with Crippen molar-refractivity contribution < 1.29 is 17.7 Å². The summed E-state index contributed by atoms with van der Waals surface area (Å²) in [7, 11) is -2.29. The molecule has 0 spiro atoms. The fourth-order valence-corrected chi connectivity index (χ4v) is 4.88. The first kappa shape index (κ1) is 19.6. The molecule has 0 aliphatic rings. The van der Waals surface area contributed by atoms with Gasteiger partial charge in [-0.25, -0.2) is 13.1 Å². The van der Waals surface area contributed by atoms with Crippen LogP contribution < -0.4 is 9.46 Å². The van der Waals surface area contributed by atoms with Gasteiger partial charge in [0, 0.05) is 22.5 Å². The molecule has 0 atom stereocenters. The van der Waals surface area contributed by atoms with E-state index in [1.807, 2.05) is 32.2 Å². The maximum absolute atomic E-state index is 12.9. The lowest BCUT2D eigenvalue weighted by Crippen LogP contribution is -2.26. The Morgan fingerprint density at radius 3 is 2.59 bits per heavy atom. The van der Waals surface area contributed by atoms with E-state index in [9.17, 15) is 8.42 Å². The monoisotopic (exact) mass is 406 g/mol. The molecule has 3 aromatic rings. The first-order valence-electron chi connectivity index (χ1n) is 8.47. The molecule has 2 heterocycles. The number of rotatable bonds is 7. The Hall–Kier alpha value is -2.16. The van der Waals surface area contributed by atoms with Crippen molar-refractivity contribution in [2.75, 3.05) is 13.7 Å². The summed E-state index contributed by atoms with van der Waals surface area (Å²) in [5, 5.41) is 5.95. The second kappa shape index (κ2) is 7.84. The van der Waals surface area contributed by atoms with Gasteiger partial charge >= 0.3 is 0 Å². The minimum Gasteiger partial charge on any atom is -0.495 e. The number of benzene rings is 1. The van der Waals surface area contributed by atoms with Crippen LogP contribution in [0.25, 0.3) is 11.3 Å². The molecule has 0 unspecified atom stereocenters. The minimum absolute atomic E-state index is 0.0823. The van der Waals surface area contributed by atoms with Crippen LogP contribution in [-0.4, -0.2) is 27.2 Å². The minimum atomic E-state index is -3.74. The van der Waals surface area contributed by atoms with Crippen LogP contribution in [0.15, 0.2) is 39.1 Å². The van der Waals surface area contributed by atoms with Gasteiger partial charge in [0.1, 0.15) is 10.6 Å². The number of thiophene rings is 1. The molecular formula is C19H22N2O4S2. The molecule has 0 bridgehead atoms. The van der Waals surface area contributed by atoms with Crippen molar-refractivity contribution in [2.24, 2.45) is 0 Å². The first-order chi connectivity index (χ1) is 12.8. The highest BCUT2D eigenvalue weighted by atomic mass is 32.2. The number of nitrogens with zero attached hydrogens (tertiary/aromatic N) is 1. The van der Waals surface area contributed by atoms with Crippen molar-refractivity contribution >= 4 is 21.4 Å². The molecule has 8 heteroatoms. The molecule has 1 aromatic carbocycles. The van der Waals surface area contributed by atoms with Crippen molar-refractivity contribution in [3.05, 3.63) is 51.3 Å². The van der Waals surface area contributed by atoms with Crippen LogP contribution >= 0.6 is 11.3 Å². The van der Waals surface area contributed by atoms with Crippen molar-refractivity contribution in [1.29, 1.82) is 0 Å². The molecule has 1 N–H and O–H groups in total. The van der Waals surface area contributed by atoms with E-state index < -0.39 is 10.0 Å². The van der Waals surface area contributed by atoms with E-state index in [1.165, 1.54) is 17.6 Å². The lowest BCUT2D eigenvalue weighted by molar-refractivity contribution is 0.402. The van der Waals surface area contributed by atoms with Gasteiger partial charge in [0.2, 0.25) is 10.0 Å². The maximum atomic E-state index is 12.9. The standard InChI is InChI=1S/C19H22N2O4S2/c1-12-8-10-26-17(12)7-9-20-27(22,23)18-11-15(5-6-16(18)24-4)19-13(2)14(3)21-25-19/h5-6,8,10-11,20H,7,9H2,1-4H3. The number of hydrogen-bond acceptors (Lipinski definition) is 6. The molecule has 0 saturated carbocycles. The van der Waals surface area contributed by atoms with E-state index >= 15 is 0 Å². The zero-order chi connectivity index (χ0) is 19.6. The quantitative estimate of drug-likeness (QED) is 0.644. The Labute approximate surface area is 163 Å². The fourth-order valence-electron chi connectivity index (χ4n) is 2.75. The van der Waals surface area contributed by atoms with Crippen molar-refractivity contribution in [2.45, 2.75) is 32.1 Å². The molecule has 3 rings (SSSR count). The Bertz CT molecular complexity index is 1050. The number of aryl methyl sites for hydroxylation is 2. The highest BCUT2D eigenvalue weighted by Gasteiger charge is 2.22. The van der Waals surface area contributed by atoms with Gasteiger partial charge in [-0.3, -0.25) is 0 Å². The number of nitrogens with one attached hydrogen (secondary N) is 1. The SMILES string of the molecule is COc1ccc(-c2onc(C)c2C)cc1S(=O)(=O)NCCc1sccc1C. The number of aromatic nitrogens is 1. The normalized spacial score (nSPS) is 11.7. The van der Waals surface area contributed by atoms with E-state index in [-0.39, 0.29) is 10.6 Å². The maximum Gasteiger partial charge on any atom is 0.244 e. The molecular weight excluding hydrogens is 384 g/mol. The average Bonchev–Trinajstić information content (AvgIpc) is 3.20. The van der Waals surface area contributed by atoms with Gasteiger partial charge in [0.15, 0.2) is 5.76 Å². The second-order valence-corrected chi connectivity index (χ2v) is 9.00. The van der Waals surface area contributed by atoms with E-state index in [2.05, 4.69) is 9.88 Å². The zero-order valence-electron chi connectivity index (χ0n) is 15.7. The van der Waals surface area contributed by atoms with Crippen LogP contribution in [0.3, 0.4) is 0 Å². The van der Waals surface area contributed by atoms with E-state index in [0.717, 1.165) is 11.3 Å². The summed E-state index contributed by atoms with van der Waals surface area (Å²) in [5.74, 6) is 0.841. The summed E-state index contributed by atoms with van der Waals surface area (Å²) < 4.78 is 39.0. The molecule has 0 aliphatic heterocycles. The smallest absolute Gasteiger partial charge is 0.244 e. The summed E-state index contributed by atoms with van der Waals surface area (Å²) in [6.07, 6.45) is 0.644. The molecule has 144 valence electrons. The van der Waals surface area contributed by atoms with Crippen LogP contribution in [0.2, 0.25) is 0 Å². The lowest BCUT2D eigenvalue weighted by Gasteiger charge is -2.12.